The lowest BCUT2D eigenvalue weighted by Gasteiger charge is -2.29. The highest BCUT2D eigenvalue weighted by atomic mass is 32.5. The third kappa shape index (κ3) is 14.1. The summed E-state index contributed by atoms with van der Waals surface area (Å²) in [4.78, 5) is 68.0. The number of para-hydroxylation sites is 1. The fraction of sp³-hybridized carbons (Fsp3) is 0.418. The average molecular weight is 1020 g/mol. The Bertz CT molecular complexity index is 2870. The number of hydrogen-bond donors (Lipinski definition) is 3. The Morgan fingerprint density at radius 2 is 1.53 bits per heavy atom. The van der Waals surface area contributed by atoms with Gasteiger partial charge in [0.2, 0.25) is 17.6 Å². The molecule has 72 heavy (non-hydrogen) atoms. The van der Waals surface area contributed by atoms with Gasteiger partial charge >= 0.3 is 0 Å². The van der Waals surface area contributed by atoms with Gasteiger partial charge in [-0.2, -0.15) is 10.2 Å². The number of azo groups is 1. The number of phenols is 2. The van der Waals surface area contributed by atoms with Crippen LogP contribution >= 0.6 is 6.72 Å². The maximum Gasteiger partial charge on any atom is 0.253 e. The third-order valence-corrected chi connectivity index (χ3v) is 14.8. The molecule has 5 aromatic rings. The SMILES string of the molecule is CCOP([O-])(=S)OCCCCCCNC(=O)CCC(=O)N1Cc2ccccc2C2=C(N=NC2CCCCCCCCCCN(C)C(=O)c2ccc(-c3cc(=O)c4ccc(O)c(O)c4o3)cc2)c2ccccc21. The Morgan fingerprint density at radius 1 is 0.847 bits per heavy atom. The van der Waals surface area contributed by atoms with Crippen molar-refractivity contribution in [1.29, 1.82) is 0 Å². The van der Waals surface area contributed by atoms with Crippen LogP contribution in [0.1, 0.15) is 130 Å². The van der Waals surface area contributed by atoms with Crippen LogP contribution in [-0.2, 0) is 37.0 Å². The van der Waals surface area contributed by atoms with Gasteiger partial charge in [0.15, 0.2) is 16.8 Å². The lowest BCUT2D eigenvalue weighted by molar-refractivity contribution is -0.206. The van der Waals surface area contributed by atoms with Crippen molar-refractivity contribution in [3.8, 4) is 22.8 Å². The van der Waals surface area contributed by atoms with Gasteiger partial charge in [-0.05, 0) is 74.1 Å². The number of rotatable bonds is 26. The summed E-state index contributed by atoms with van der Waals surface area (Å²) in [5.41, 5.74) is 6.20. The number of nitrogens with zero attached hydrogens (tertiary/aromatic N) is 4. The number of phenolic OH excluding ortho intramolecular Hbond substituents is 2. The number of nitrogens with one attached hydrogen (secondary N) is 1. The summed E-state index contributed by atoms with van der Waals surface area (Å²) < 4.78 is 15.9. The van der Waals surface area contributed by atoms with E-state index < -0.39 is 12.5 Å². The zero-order valence-corrected chi connectivity index (χ0v) is 42.9. The number of benzene rings is 4. The Balaban J connectivity index is 0.816. The molecule has 0 saturated carbocycles. The molecule has 3 amide bonds. The summed E-state index contributed by atoms with van der Waals surface area (Å²) in [6, 6.07) is 26.7. The van der Waals surface area contributed by atoms with Crippen LogP contribution in [0.2, 0.25) is 0 Å². The van der Waals surface area contributed by atoms with Crippen molar-refractivity contribution in [1.82, 2.24) is 10.2 Å². The molecule has 0 fully saturated rings. The monoisotopic (exact) mass is 1020 g/mol. The minimum Gasteiger partial charge on any atom is -0.780 e. The van der Waals surface area contributed by atoms with Gasteiger partial charge < -0.3 is 43.7 Å². The molecule has 7 rings (SSSR count). The highest BCUT2D eigenvalue weighted by molar-refractivity contribution is 8.06. The largest absolute Gasteiger partial charge is 0.780 e. The molecule has 2 unspecified atom stereocenters. The van der Waals surface area contributed by atoms with E-state index in [1.165, 1.54) is 18.2 Å². The molecule has 15 nitrogen and oxygen atoms in total. The van der Waals surface area contributed by atoms with E-state index in [0.717, 1.165) is 111 Å². The van der Waals surface area contributed by atoms with E-state index in [1.54, 1.807) is 48.0 Å². The molecule has 0 spiro atoms. The summed E-state index contributed by atoms with van der Waals surface area (Å²) in [5.74, 6) is -1.07. The van der Waals surface area contributed by atoms with E-state index in [-0.39, 0.29) is 77.7 Å². The fourth-order valence-corrected chi connectivity index (χ4v) is 10.5. The predicted octanol–water partition coefficient (Wildman–Crippen LogP) is 10.8. The number of anilines is 1. The number of unbranched alkanes of at least 4 members (excludes halogenated alkanes) is 10. The first-order valence-corrected chi connectivity index (χ1v) is 27.8. The first kappa shape index (κ1) is 53.8. The van der Waals surface area contributed by atoms with Crippen LogP contribution in [0.3, 0.4) is 0 Å². The molecule has 17 heteroatoms. The number of amides is 3. The van der Waals surface area contributed by atoms with Gasteiger partial charge in [-0.1, -0.05) is 124 Å². The third-order valence-electron chi connectivity index (χ3n) is 13.1. The maximum atomic E-state index is 14.0. The van der Waals surface area contributed by atoms with Gasteiger partial charge in [0.05, 0.1) is 36.9 Å². The van der Waals surface area contributed by atoms with Crippen LogP contribution in [0, 0.1) is 0 Å². The second kappa shape index (κ2) is 26.1. The van der Waals surface area contributed by atoms with Crippen LogP contribution < -0.4 is 20.5 Å². The van der Waals surface area contributed by atoms with Gasteiger partial charge in [-0.3, -0.25) is 19.2 Å². The molecule has 0 aliphatic carbocycles. The molecule has 0 saturated heterocycles. The van der Waals surface area contributed by atoms with E-state index >= 15 is 0 Å². The number of carbonyl (C=O) groups excluding carboxylic acids is 3. The summed E-state index contributed by atoms with van der Waals surface area (Å²) in [6.07, 6.45) is 12.7. The molecule has 2 aliphatic rings. The van der Waals surface area contributed by atoms with Gasteiger partial charge in [0, 0.05) is 61.3 Å². The van der Waals surface area contributed by atoms with E-state index in [0.29, 0.717) is 37.2 Å². The van der Waals surface area contributed by atoms with Crippen molar-refractivity contribution in [2.45, 2.75) is 116 Å². The quantitative estimate of drug-likeness (QED) is 0.0270. The lowest BCUT2D eigenvalue weighted by Crippen LogP contribution is -2.34. The van der Waals surface area contributed by atoms with Gasteiger partial charge in [-0.25, -0.2) is 0 Å². The molecule has 4 aromatic carbocycles. The molecule has 3 heterocycles. The second-order valence-electron chi connectivity index (χ2n) is 18.3. The zero-order chi connectivity index (χ0) is 51.0. The van der Waals surface area contributed by atoms with E-state index in [4.69, 9.17) is 35.5 Å². The van der Waals surface area contributed by atoms with Crippen LogP contribution in [0.5, 0.6) is 11.5 Å². The summed E-state index contributed by atoms with van der Waals surface area (Å²) >= 11 is 4.82. The van der Waals surface area contributed by atoms with Crippen LogP contribution in [0.15, 0.2) is 110 Å². The topological polar surface area (TPSA) is 207 Å². The molecule has 382 valence electrons. The molecule has 0 radical (unpaired) electrons. The minimum absolute atomic E-state index is 0.0641. The van der Waals surface area contributed by atoms with Crippen molar-refractivity contribution in [3.63, 3.8) is 0 Å². The number of hydrogen-bond acceptors (Lipinski definition) is 13. The molecule has 1 aromatic heterocycles. The fourth-order valence-electron chi connectivity index (χ4n) is 9.22. The standard InChI is InChI=1S/C55H66N5O10PS/c1-3-68-71(67,72)69-35-19-11-9-17-33-56-49(63)31-32-50(64)60-37-40-20-13-14-21-41(40)51-44(57-58-52(51)42-22-15-16-24-45(42)60)23-12-8-6-4-5-7-10-18-34-59(2)55(66)39-27-25-38(26-28-39)48-36-47(62)43-29-30-46(61)53(65)54(43)70-48/h13-16,20-22,24-30,36,44,61,65H,3-12,17-19,23,31-35,37H2,1-2H3,(H,56,63)(H,67,72)/p-1. The van der Waals surface area contributed by atoms with Crippen molar-refractivity contribution in [2.24, 2.45) is 10.2 Å². The van der Waals surface area contributed by atoms with Crippen LogP contribution in [-0.4, -0.2) is 72.2 Å². The van der Waals surface area contributed by atoms with Gasteiger partial charge in [-0.15, -0.1) is 0 Å². The van der Waals surface area contributed by atoms with Crippen molar-refractivity contribution in [2.75, 3.05) is 38.3 Å². The Hall–Kier alpha value is -6.03. The first-order valence-electron chi connectivity index (χ1n) is 25.2. The van der Waals surface area contributed by atoms with E-state index in [2.05, 4.69) is 17.4 Å². The normalized spacial score (nSPS) is 14.8. The van der Waals surface area contributed by atoms with Crippen molar-refractivity contribution < 1.29 is 43.0 Å². The van der Waals surface area contributed by atoms with E-state index in [1.807, 2.05) is 36.4 Å². The van der Waals surface area contributed by atoms with Gasteiger partial charge in [0.25, 0.3) is 5.91 Å². The minimum atomic E-state index is -3.40. The average Bonchev–Trinajstić information content (AvgIpc) is 3.79. The Labute approximate surface area is 426 Å². The molecule has 3 N–H and O–H groups in total. The Morgan fingerprint density at radius 3 is 2.29 bits per heavy atom. The number of fused-ring (bicyclic) bond motifs is 5. The smallest absolute Gasteiger partial charge is 0.253 e. The van der Waals surface area contributed by atoms with Gasteiger partial charge in [0.1, 0.15) is 18.2 Å². The molecule has 0 bridgehead atoms. The highest BCUT2D eigenvalue weighted by Gasteiger charge is 2.33. The molecular formula is C55H65N5O10PS-. The first-order chi connectivity index (χ1) is 34.8. The van der Waals surface area contributed by atoms with Crippen LogP contribution in [0.25, 0.3) is 33.6 Å². The number of carbonyl (C=O) groups is 3. The molecule has 2 atom stereocenters. The second-order valence-corrected chi connectivity index (χ2v) is 21.1. The lowest BCUT2D eigenvalue weighted by atomic mass is 9.87. The summed E-state index contributed by atoms with van der Waals surface area (Å²) in [5, 5.41) is 32.8. The summed E-state index contributed by atoms with van der Waals surface area (Å²) in [7, 11) is 1.80. The maximum absolute atomic E-state index is 14.0. The highest BCUT2D eigenvalue weighted by Crippen LogP contribution is 2.45. The predicted molar refractivity (Wildman–Crippen MR) is 282 cm³/mol. The molecule has 2 aliphatic heterocycles. The number of aromatic hydroxyl groups is 2. The van der Waals surface area contributed by atoms with Crippen molar-refractivity contribution in [3.05, 3.63) is 123 Å². The zero-order valence-electron chi connectivity index (χ0n) is 41.2. The summed E-state index contributed by atoms with van der Waals surface area (Å²) in [6.45, 7) is 0.339. The molecular weight excluding hydrogens is 954 g/mol. The van der Waals surface area contributed by atoms with E-state index in [9.17, 15) is 34.3 Å². The van der Waals surface area contributed by atoms with Crippen LogP contribution in [0.4, 0.5) is 5.69 Å². The van der Waals surface area contributed by atoms with Crippen molar-refractivity contribution >= 4 is 64.2 Å². The Kier molecular flexibility index (Phi) is 19.5.